The number of rotatable bonds is 6. The first-order chi connectivity index (χ1) is 18.3. The van der Waals surface area contributed by atoms with Crippen LogP contribution in [0.2, 0.25) is 0 Å². The summed E-state index contributed by atoms with van der Waals surface area (Å²) in [6.07, 6.45) is 0.257. The molecular formula is C27H21F3N4O3S. The van der Waals surface area contributed by atoms with Gasteiger partial charge in [-0.3, -0.25) is 9.59 Å². The number of ether oxygens (including phenoxy) is 1. The molecule has 2 amide bonds. The number of hydrazone groups is 1. The van der Waals surface area contributed by atoms with Gasteiger partial charge in [0.1, 0.15) is 16.8 Å². The molecule has 5 rings (SSSR count). The molecule has 3 aromatic carbocycles. The van der Waals surface area contributed by atoms with Crippen molar-refractivity contribution in [3.05, 3.63) is 95.3 Å². The molecule has 0 saturated heterocycles. The lowest BCUT2D eigenvalue weighted by atomic mass is 9.98. The van der Waals surface area contributed by atoms with Crippen LogP contribution in [0.3, 0.4) is 0 Å². The Kier molecular flexibility index (Phi) is 7.19. The lowest BCUT2D eigenvalue weighted by Gasteiger charge is -2.23. The Bertz CT molecular complexity index is 1440. The van der Waals surface area contributed by atoms with Crippen molar-refractivity contribution < 1.29 is 27.5 Å². The highest BCUT2D eigenvalue weighted by Gasteiger charge is 2.39. The zero-order valence-electron chi connectivity index (χ0n) is 20.0. The van der Waals surface area contributed by atoms with Gasteiger partial charge in [0.25, 0.3) is 5.91 Å². The van der Waals surface area contributed by atoms with E-state index in [-0.39, 0.29) is 24.0 Å². The van der Waals surface area contributed by atoms with E-state index < -0.39 is 28.7 Å². The van der Waals surface area contributed by atoms with Crippen molar-refractivity contribution in [2.45, 2.75) is 24.1 Å². The summed E-state index contributed by atoms with van der Waals surface area (Å²) in [5.41, 5.74) is 2.47. The lowest BCUT2D eigenvalue weighted by molar-refractivity contribution is -0.121. The number of thioether (sulfide) groups is 1. The van der Waals surface area contributed by atoms with Crippen LogP contribution in [0.25, 0.3) is 0 Å². The quantitative estimate of drug-likeness (QED) is 0.461. The summed E-state index contributed by atoms with van der Waals surface area (Å²) in [6.45, 7) is 0. The van der Waals surface area contributed by atoms with Crippen molar-refractivity contribution in [2.24, 2.45) is 10.1 Å². The fraction of sp³-hybridized carbons (Fsp3) is 0.185. The van der Waals surface area contributed by atoms with Crippen molar-refractivity contribution in [1.29, 1.82) is 0 Å². The number of anilines is 1. The van der Waals surface area contributed by atoms with Gasteiger partial charge < -0.3 is 10.1 Å². The molecule has 11 heteroatoms. The van der Waals surface area contributed by atoms with Crippen molar-refractivity contribution in [3.63, 3.8) is 0 Å². The van der Waals surface area contributed by atoms with Crippen LogP contribution in [0.1, 0.15) is 30.0 Å². The molecule has 0 spiro atoms. The number of carbonyl (C=O) groups is 2. The largest absolute Gasteiger partial charge is 0.497 e. The average Bonchev–Trinajstić information content (AvgIpc) is 3.51. The number of nitrogens with one attached hydrogen (secondary N) is 1. The van der Waals surface area contributed by atoms with Gasteiger partial charge in [-0.1, -0.05) is 23.9 Å². The molecule has 0 aliphatic carbocycles. The molecule has 7 nitrogen and oxygen atoms in total. The van der Waals surface area contributed by atoms with Crippen LogP contribution in [0.4, 0.5) is 18.9 Å². The Labute approximate surface area is 220 Å². The number of amidine groups is 1. The number of hydrogen-bond donors (Lipinski definition) is 1. The normalized spacial score (nSPS) is 18.8. The van der Waals surface area contributed by atoms with E-state index in [9.17, 15) is 22.8 Å². The van der Waals surface area contributed by atoms with Crippen molar-refractivity contribution in [2.75, 3.05) is 12.4 Å². The van der Waals surface area contributed by atoms with E-state index in [2.05, 4.69) is 10.3 Å². The monoisotopic (exact) mass is 538 g/mol. The van der Waals surface area contributed by atoms with Crippen molar-refractivity contribution in [3.8, 4) is 5.75 Å². The van der Waals surface area contributed by atoms with Gasteiger partial charge in [-0.2, -0.15) is 10.1 Å². The maximum atomic E-state index is 13.6. The molecule has 0 unspecified atom stereocenters. The van der Waals surface area contributed by atoms with Gasteiger partial charge in [-0.25, -0.2) is 18.2 Å². The maximum Gasteiger partial charge on any atom is 0.262 e. The molecule has 3 aromatic rings. The third-order valence-corrected chi connectivity index (χ3v) is 7.23. The molecule has 1 N–H and O–H groups in total. The Balaban J connectivity index is 1.34. The van der Waals surface area contributed by atoms with Crippen LogP contribution in [0.5, 0.6) is 5.75 Å². The molecule has 2 atom stereocenters. The van der Waals surface area contributed by atoms with E-state index in [1.165, 1.54) is 18.2 Å². The first-order valence-electron chi connectivity index (χ1n) is 11.6. The number of amides is 2. The van der Waals surface area contributed by atoms with E-state index in [0.29, 0.717) is 17.3 Å². The van der Waals surface area contributed by atoms with Gasteiger partial charge >= 0.3 is 0 Å². The smallest absolute Gasteiger partial charge is 0.262 e. The molecule has 0 fully saturated rings. The van der Waals surface area contributed by atoms with E-state index in [4.69, 9.17) is 9.84 Å². The van der Waals surface area contributed by atoms with E-state index in [1.54, 1.807) is 24.3 Å². The van der Waals surface area contributed by atoms with E-state index in [1.807, 2.05) is 24.3 Å². The topological polar surface area (TPSA) is 83.4 Å². The zero-order valence-corrected chi connectivity index (χ0v) is 20.8. The Hall–Kier alpha value is -4.12. The number of halogens is 3. The number of carbonyl (C=O) groups excluding carboxylic acids is 2. The van der Waals surface area contributed by atoms with Gasteiger partial charge in [0, 0.05) is 24.6 Å². The zero-order chi connectivity index (χ0) is 26.8. The minimum Gasteiger partial charge on any atom is -0.497 e. The van der Waals surface area contributed by atoms with Gasteiger partial charge in [0.15, 0.2) is 16.8 Å². The Morgan fingerprint density at radius 1 is 1.05 bits per heavy atom. The number of benzene rings is 3. The minimum absolute atomic E-state index is 0.0788. The highest BCUT2D eigenvalue weighted by molar-refractivity contribution is 8.15. The number of nitrogens with zero attached hydrogens (tertiary/aromatic N) is 3. The summed E-state index contributed by atoms with van der Waals surface area (Å²) in [6, 6.07) is 16.1. The standard InChI is InChI=1S/C27H21F3N4O3S/c1-37-19-9-4-15(5-10-19)22-13-23(16-2-6-17(28)7-3-16)34(33-22)27-32-26(36)24(38-27)14-25(35)31-18-8-11-20(29)21(30)12-18/h2-12,23-24H,13-14H2,1H3,(H,31,35)/t23-,24-/m1/s1. The summed E-state index contributed by atoms with van der Waals surface area (Å²) in [5.74, 6) is -2.84. The van der Waals surface area contributed by atoms with Gasteiger partial charge in [-0.15, -0.1) is 0 Å². The van der Waals surface area contributed by atoms with Crippen LogP contribution >= 0.6 is 11.8 Å². The highest BCUT2D eigenvalue weighted by Crippen LogP contribution is 2.38. The van der Waals surface area contributed by atoms with Gasteiger partial charge in [0.2, 0.25) is 5.91 Å². The molecule has 0 saturated carbocycles. The molecule has 38 heavy (non-hydrogen) atoms. The third kappa shape index (κ3) is 5.42. The summed E-state index contributed by atoms with van der Waals surface area (Å²) < 4.78 is 45.5. The number of hydrogen-bond acceptors (Lipinski definition) is 6. The molecule has 0 bridgehead atoms. The van der Waals surface area contributed by atoms with E-state index in [0.717, 1.165) is 40.7 Å². The minimum atomic E-state index is -1.09. The predicted molar refractivity (Wildman–Crippen MR) is 139 cm³/mol. The Morgan fingerprint density at radius 3 is 2.47 bits per heavy atom. The summed E-state index contributed by atoms with van der Waals surface area (Å²) in [5, 5.41) is 8.34. The van der Waals surface area contributed by atoms with Crippen molar-refractivity contribution >= 4 is 40.1 Å². The van der Waals surface area contributed by atoms with Crippen LogP contribution in [-0.2, 0) is 9.59 Å². The first kappa shape index (κ1) is 25.5. The first-order valence-corrected chi connectivity index (χ1v) is 12.5. The highest BCUT2D eigenvalue weighted by atomic mass is 32.2. The molecule has 194 valence electrons. The molecular weight excluding hydrogens is 517 g/mol. The summed E-state index contributed by atoms with van der Waals surface area (Å²) in [7, 11) is 1.58. The number of aliphatic imine (C=N–C) groups is 1. The fourth-order valence-electron chi connectivity index (χ4n) is 4.15. The van der Waals surface area contributed by atoms with E-state index >= 15 is 0 Å². The maximum absolute atomic E-state index is 13.6. The molecule has 0 aromatic heterocycles. The number of methoxy groups -OCH3 is 1. The Morgan fingerprint density at radius 2 is 1.79 bits per heavy atom. The van der Waals surface area contributed by atoms with Crippen LogP contribution in [0.15, 0.2) is 76.8 Å². The summed E-state index contributed by atoms with van der Waals surface area (Å²) in [4.78, 5) is 29.4. The predicted octanol–water partition coefficient (Wildman–Crippen LogP) is 5.29. The van der Waals surface area contributed by atoms with Crippen LogP contribution in [-0.4, -0.2) is 40.1 Å². The van der Waals surface area contributed by atoms with Crippen molar-refractivity contribution in [1.82, 2.24) is 5.01 Å². The lowest BCUT2D eigenvalue weighted by Crippen LogP contribution is -2.25. The molecule has 2 heterocycles. The molecule has 0 radical (unpaired) electrons. The molecule has 2 aliphatic heterocycles. The average molecular weight is 539 g/mol. The van der Waals surface area contributed by atoms with Crippen LogP contribution < -0.4 is 10.1 Å². The summed E-state index contributed by atoms with van der Waals surface area (Å²) >= 11 is 1.10. The van der Waals surface area contributed by atoms with Gasteiger partial charge in [-0.05, 0) is 59.7 Å². The van der Waals surface area contributed by atoms with Crippen LogP contribution in [0, 0.1) is 17.5 Å². The molecule has 2 aliphatic rings. The second kappa shape index (κ2) is 10.7. The second-order valence-electron chi connectivity index (χ2n) is 8.61. The third-order valence-electron chi connectivity index (χ3n) is 6.09. The van der Waals surface area contributed by atoms with Gasteiger partial charge in [0.05, 0.1) is 18.9 Å². The fourth-order valence-corrected chi connectivity index (χ4v) is 5.21. The SMILES string of the molecule is COc1ccc(C2=NN(C3=NC(=O)[C@@H](CC(=O)Nc4ccc(F)c(F)c4)S3)[C@@H](c3ccc(F)cc3)C2)cc1. The second-order valence-corrected chi connectivity index (χ2v) is 9.78.